The van der Waals surface area contributed by atoms with Gasteiger partial charge >= 0.3 is 0 Å². The lowest BCUT2D eigenvalue weighted by atomic mass is 10.0. The summed E-state index contributed by atoms with van der Waals surface area (Å²) in [5.41, 5.74) is 3.02. The van der Waals surface area contributed by atoms with Crippen LogP contribution >= 0.6 is 0 Å². The molecule has 1 N–H and O–H groups in total. The maximum absolute atomic E-state index is 13.7. The summed E-state index contributed by atoms with van der Waals surface area (Å²) >= 11 is 0. The molecule has 0 spiro atoms. The Morgan fingerprint density at radius 1 is 0.861 bits per heavy atom. The van der Waals surface area contributed by atoms with Crippen molar-refractivity contribution in [3.05, 3.63) is 102 Å². The van der Waals surface area contributed by atoms with Crippen molar-refractivity contribution >= 4 is 11.8 Å². The molecule has 0 aliphatic rings. The van der Waals surface area contributed by atoms with Crippen molar-refractivity contribution < 1.29 is 14.3 Å². The number of carbonyl (C=O) groups excluding carboxylic acids is 2. The first-order chi connectivity index (χ1) is 17.5. The van der Waals surface area contributed by atoms with Gasteiger partial charge in [0, 0.05) is 19.5 Å². The molecule has 0 heterocycles. The van der Waals surface area contributed by atoms with E-state index in [1.807, 2.05) is 84.9 Å². The van der Waals surface area contributed by atoms with Gasteiger partial charge in [-0.05, 0) is 35.1 Å². The van der Waals surface area contributed by atoms with Gasteiger partial charge in [0.1, 0.15) is 11.8 Å². The number of para-hydroxylation sites is 1. The van der Waals surface area contributed by atoms with Crippen LogP contribution in [0.15, 0.2) is 84.9 Å². The molecule has 0 aromatic heterocycles. The first-order valence-corrected chi connectivity index (χ1v) is 12.9. The zero-order valence-corrected chi connectivity index (χ0v) is 21.7. The van der Waals surface area contributed by atoms with Gasteiger partial charge in [0.05, 0.1) is 0 Å². The summed E-state index contributed by atoms with van der Waals surface area (Å²) in [7, 11) is 0. The van der Waals surface area contributed by atoms with Gasteiger partial charge in [0.2, 0.25) is 5.91 Å². The molecular formula is C31H38N2O3. The fourth-order valence-electron chi connectivity index (χ4n) is 4.15. The molecule has 36 heavy (non-hydrogen) atoms. The summed E-state index contributed by atoms with van der Waals surface area (Å²) in [6, 6.07) is 26.8. The minimum atomic E-state index is -0.652. The summed E-state index contributed by atoms with van der Waals surface area (Å²) in [5, 5.41) is 3.05. The lowest BCUT2D eigenvalue weighted by Crippen LogP contribution is -2.51. The summed E-state index contributed by atoms with van der Waals surface area (Å²) in [4.78, 5) is 28.8. The molecule has 3 aromatic rings. The molecule has 1 atom stereocenters. The monoisotopic (exact) mass is 486 g/mol. The van der Waals surface area contributed by atoms with Crippen molar-refractivity contribution in [1.29, 1.82) is 0 Å². The third-order valence-corrected chi connectivity index (χ3v) is 6.19. The standard InChI is InChI=1S/C31H38N2O3/c1-4-5-20-32-31(35)28(21-25-14-8-6-9-15-25)33(22-26-16-10-7-11-17-26)30(34)23-36-29-19-13-12-18-27(29)24(2)3/h6-19,24,28H,4-5,20-23H2,1-3H3,(H,32,35). The fourth-order valence-corrected chi connectivity index (χ4v) is 4.15. The Kier molecular flexibility index (Phi) is 10.6. The Morgan fingerprint density at radius 2 is 1.47 bits per heavy atom. The number of benzene rings is 3. The smallest absolute Gasteiger partial charge is 0.261 e. The Labute approximate surface area is 215 Å². The average molecular weight is 487 g/mol. The Bertz CT molecular complexity index is 1080. The predicted molar refractivity (Wildman–Crippen MR) is 145 cm³/mol. The number of nitrogens with zero attached hydrogens (tertiary/aromatic N) is 1. The normalized spacial score (nSPS) is 11.7. The molecule has 2 amide bonds. The quantitative estimate of drug-likeness (QED) is 0.313. The van der Waals surface area contributed by atoms with Crippen LogP contribution in [0.4, 0.5) is 0 Å². The minimum Gasteiger partial charge on any atom is -0.483 e. The van der Waals surface area contributed by atoms with E-state index in [0.717, 1.165) is 29.5 Å². The maximum atomic E-state index is 13.7. The first kappa shape index (κ1) is 27.0. The molecule has 0 fully saturated rings. The summed E-state index contributed by atoms with van der Waals surface area (Å²) in [6.07, 6.45) is 2.31. The van der Waals surface area contributed by atoms with Crippen LogP contribution < -0.4 is 10.1 Å². The molecule has 0 aliphatic heterocycles. The molecule has 0 saturated heterocycles. The van der Waals surface area contributed by atoms with Gasteiger partial charge in [-0.25, -0.2) is 0 Å². The van der Waals surface area contributed by atoms with E-state index in [9.17, 15) is 9.59 Å². The molecule has 0 radical (unpaired) electrons. The third-order valence-electron chi connectivity index (χ3n) is 6.19. The van der Waals surface area contributed by atoms with E-state index in [0.29, 0.717) is 25.3 Å². The van der Waals surface area contributed by atoms with Crippen molar-refractivity contribution in [1.82, 2.24) is 10.2 Å². The lowest BCUT2D eigenvalue weighted by Gasteiger charge is -2.31. The molecule has 3 rings (SSSR count). The number of unbranched alkanes of at least 4 members (excludes halogenated alkanes) is 1. The Hall–Kier alpha value is -3.60. The van der Waals surface area contributed by atoms with Crippen LogP contribution in [-0.2, 0) is 22.6 Å². The minimum absolute atomic E-state index is 0.135. The highest BCUT2D eigenvalue weighted by Gasteiger charge is 2.30. The summed E-state index contributed by atoms with van der Waals surface area (Å²) in [6.45, 7) is 7.07. The molecule has 5 nitrogen and oxygen atoms in total. The van der Waals surface area contributed by atoms with E-state index >= 15 is 0 Å². The van der Waals surface area contributed by atoms with Crippen LogP contribution in [0.25, 0.3) is 0 Å². The van der Waals surface area contributed by atoms with Gasteiger partial charge in [-0.15, -0.1) is 0 Å². The highest BCUT2D eigenvalue weighted by atomic mass is 16.5. The van der Waals surface area contributed by atoms with Gasteiger partial charge in [-0.3, -0.25) is 9.59 Å². The zero-order valence-electron chi connectivity index (χ0n) is 21.7. The Balaban J connectivity index is 1.88. The topological polar surface area (TPSA) is 58.6 Å². The van der Waals surface area contributed by atoms with E-state index in [4.69, 9.17) is 4.74 Å². The van der Waals surface area contributed by atoms with Crippen molar-refractivity contribution in [2.45, 2.75) is 58.5 Å². The number of hydrogen-bond acceptors (Lipinski definition) is 3. The van der Waals surface area contributed by atoms with E-state index < -0.39 is 6.04 Å². The average Bonchev–Trinajstić information content (AvgIpc) is 2.90. The Morgan fingerprint density at radius 3 is 2.11 bits per heavy atom. The number of amides is 2. The summed E-state index contributed by atoms with van der Waals surface area (Å²) < 4.78 is 6.03. The molecule has 1 unspecified atom stereocenters. The van der Waals surface area contributed by atoms with Crippen LogP contribution in [0.3, 0.4) is 0 Å². The zero-order chi connectivity index (χ0) is 25.8. The summed E-state index contributed by atoms with van der Waals surface area (Å²) in [5.74, 6) is 0.613. The molecular weight excluding hydrogens is 448 g/mol. The predicted octanol–water partition coefficient (Wildman–Crippen LogP) is 5.75. The molecule has 0 bridgehead atoms. The van der Waals surface area contributed by atoms with Gasteiger partial charge < -0.3 is 15.0 Å². The number of rotatable bonds is 13. The molecule has 5 heteroatoms. The SMILES string of the molecule is CCCCNC(=O)C(Cc1ccccc1)N(Cc1ccccc1)C(=O)COc1ccccc1C(C)C. The van der Waals surface area contributed by atoms with Crippen LogP contribution in [0, 0.1) is 0 Å². The van der Waals surface area contributed by atoms with E-state index in [-0.39, 0.29) is 24.3 Å². The number of ether oxygens (including phenoxy) is 1. The number of hydrogen-bond donors (Lipinski definition) is 1. The lowest BCUT2D eigenvalue weighted by molar-refractivity contribution is -0.142. The number of carbonyl (C=O) groups is 2. The van der Waals surface area contributed by atoms with E-state index in [2.05, 4.69) is 26.1 Å². The highest BCUT2D eigenvalue weighted by Crippen LogP contribution is 2.26. The molecule has 3 aromatic carbocycles. The maximum Gasteiger partial charge on any atom is 0.261 e. The molecule has 0 saturated carbocycles. The van der Waals surface area contributed by atoms with Crippen LogP contribution in [0.5, 0.6) is 5.75 Å². The van der Waals surface area contributed by atoms with Crippen LogP contribution in [-0.4, -0.2) is 35.9 Å². The van der Waals surface area contributed by atoms with Crippen LogP contribution in [0.1, 0.15) is 56.2 Å². The van der Waals surface area contributed by atoms with Crippen molar-refractivity contribution in [2.75, 3.05) is 13.2 Å². The first-order valence-electron chi connectivity index (χ1n) is 12.9. The second-order valence-electron chi connectivity index (χ2n) is 9.34. The van der Waals surface area contributed by atoms with Gasteiger partial charge in [-0.1, -0.05) is 106 Å². The van der Waals surface area contributed by atoms with Gasteiger partial charge in [0.25, 0.3) is 5.91 Å². The third kappa shape index (κ3) is 7.98. The van der Waals surface area contributed by atoms with Crippen molar-refractivity contribution in [2.24, 2.45) is 0 Å². The molecule has 0 aliphatic carbocycles. The van der Waals surface area contributed by atoms with Gasteiger partial charge in [-0.2, -0.15) is 0 Å². The fraction of sp³-hybridized carbons (Fsp3) is 0.355. The van der Waals surface area contributed by atoms with Crippen molar-refractivity contribution in [3.8, 4) is 5.75 Å². The van der Waals surface area contributed by atoms with Crippen LogP contribution in [0.2, 0.25) is 0 Å². The van der Waals surface area contributed by atoms with Crippen molar-refractivity contribution in [3.63, 3.8) is 0 Å². The number of nitrogens with one attached hydrogen (secondary N) is 1. The second-order valence-corrected chi connectivity index (χ2v) is 9.34. The van der Waals surface area contributed by atoms with E-state index in [1.54, 1.807) is 4.90 Å². The largest absolute Gasteiger partial charge is 0.483 e. The molecule has 190 valence electrons. The highest BCUT2D eigenvalue weighted by molar-refractivity contribution is 5.88. The van der Waals surface area contributed by atoms with Gasteiger partial charge in [0.15, 0.2) is 6.61 Å². The second kappa shape index (κ2) is 14.1. The van der Waals surface area contributed by atoms with E-state index in [1.165, 1.54) is 0 Å².